The molecule has 2 nitrogen and oxygen atoms in total. The molecule has 3 aromatic carbocycles. The van der Waals surface area contributed by atoms with Gasteiger partial charge in [0.25, 0.3) is 0 Å². The first-order valence-electron chi connectivity index (χ1n) is 9.81. The van der Waals surface area contributed by atoms with Crippen LogP contribution < -0.4 is 0 Å². The fourth-order valence-corrected chi connectivity index (χ4v) is 5.01. The second kappa shape index (κ2) is 11.3. The molecule has 32 heavy (non-hydrogen) atoms. The molecule has 0 N–H and O–H groups in total. The van der Waals surface area contributed by atoms with Crippen molar-refractivity contribution < 1.29 is 22.7 Å². The summed E-state index contributed by atoms with van der Waals surface area (Å²) in [6.45, 7) is 1.29. The Morgan fingerprint density at radius 2 is 1.38 bits per heavy atom. The van der Waals surface area contributed by atoms with Crippen molar-refractivity contribution in [2.24, 2.45) is 0 Å². The third-order valence-corrected chi connectivity index (χ3v) is 6.59. The number of esters is 1. The maximum atomic E-state index is 12.9. The molecule has 1 unspecified atom stereocenters. The lowest BCUT2D eigenvalue weighted by Crippen LogP contribution is -2.09. The van der Waals surface area contributed by atoms with Gasteiger partial charge in [0.1, 0.15) is 6.10 Å². The molecular formula is C25H21F3O2S2. The smallest absolute Gasteiger partial charge is 0.416 e. The quantitative estimate of drug-likeness (QED) is 0.243. The number of alkyl halides is 3. The zero-order chi connectivity index (χ0) is 23.0. The molecule has 3 rings (SSSR count). The second-order valence-electron chi connectivity index (χ2n) is 6.81. The van der Waals surface area contributed by atoms with Crippen LogP contribution in [0.2, 0.25) is 0 Å². The Morgan fingerprint density at radius 3 is 1.81 bits per heavy atom. The highest BCUT2D eigenvalue weighted by atomic mass is 32.2. The minimum Gasteiger partial charge on any atom is -0.457 e. The summed E-state index contributed by atoms with van der Waals surface area (Å²) in [7, 11) is 0. The van der Waals surface area contributed by atoms with Gasteiger partial charge in [-0.3, -0.25) is 4.79 Å². The van der Waals surface area contributed by atoms with Crippen LogP contribution in [0.4, 0.5) is 13.2 Å². The summed E-state index contributed by atoms with van der Waals surface area (Å²) < 4.78 is 45.1. The van der Waals surface area contributed by atoms with E-state index in [4.69, 9.17) is 4.74 Å². The van der Waals surface area contributed by atoms with Gasteiger partial charge in [0.05, 0.1) is 5.56 Å². The van der Waals surface area contributed by atoms with Gasteiger partial charge in [-0.25, -0.2) is 0 Å². The largest absolute Gasteiger partial charge is 0.457 e. The van der Waals surface area contributed by atoms with Crippen molar-refractivity contribution in [3.05, 3.63) is 106 Å². The Hall–Kier alpha value is -2.64. The number of carbonyl (C=O) groups is 1. The Morgan fingerprint density at radius 1 is 0.875 bits per heavy atom. The van der Waals surface area contributed by atoms with Crippen LogP contribution in [0.25, 0.3) is 0 Å². The number of rotatable bonds is 8. The molecule has 0 radical (unpaired) electrons. The Balaban J connectivity index is 1.84. The van der Waals surface area contributed by atoms with E-state index >= 15 is 0 Å². The summed E-state index contributed by atoms with van der Waals surface area (Å²) in [6, 6.07) is 24.5. The van der Waals surface area contributed by atoms with Crippen LogP contribution in [0, 0.1) is 0 Å². The van der Waals surface area contributed by atoms with Crippen molar-refractivity contribution in [1.82, 2.24) is 0 Å². The second-order valence-corrected chi connectivity index (χ2v) is 9.30. The van der Waals surface area contributed by atoms with Crippen LogP contribution in [0.1, 0.15) is 30.6 Å². The van der Waals surface area contributed by atoms with Gasteiger partial charge < -0.3 is 4.74 Å². The van der Waals surface area contributed by atoms with E-state index in [9.17, 15) is 18.0 Å². The van der Waals surface area contributed by atoms with E-state index in [2.05, 4.69) is 0 Å². The zero-order valence-electron chi connectivity index (χ0n) is 17.2. The average molecular weight is 475 g/mol. The van der Waals surface area contributed by atoms with Crippen molar-refractivity contribution in [2.75, 3.05) is 0 Å². The molecule has 166 valence electrons. The van der Waals surface area contributed by atoms with Gasteiger partial charge in [-0.05, 0) is 42.0 Å². The van der Waals surface area contributed by atoms with E-state index in [1.165, 1.54) is 19.1 Å². The standard InChI is InChI=1S/C25H21F3O2S2/c1-18(29)30-23(19-12-14-20(15-13-19)25(26,27)28)16-17-24(31-21-8-4-2-5-9-21)32-22-10-6-3-7-11-22/h2-15,17,23H,16H2,1H3. The molecule has 0 spiro atoms. The number of thioether (sulfide) groups is 2. The predicted molar refractivity (Wildman–Crippen MR) is 123 cm³/mol. The lowest BCUT2D eigenvalue weighted by atomic mass is 10.0. The van der Waals surface area contributed by atoms with E-state index in [1.54, 1.807) is 23.5 Å². The number of hydrogen-bond donors (Lipinski definition) is 0. The average Bonchev–Trinajstić information content (AvgIpc) is 2.77. The highest BCUT2D eigenvalue weighted by Crippen LogP contribution is 2.40. The number of hydrogen-bond acceptors (Lipinski definition) is 4. The van der Waals surface area contributed by atoms with Crippen molar-refractivity contribution >= 4 is 29.5 Å². The van der Waals surface area contributed by atoms with Crippen molar-refractivity contribution in [1.29, 1.82) is 0 Å². The van der Waals surface area contributed by atoms with Gasteiger partial charge in [-0.2, -0.15) is 13.2 Å². The summed E-state index contributed by atoms with van der Waals surface area (Å²) in [6.07, 6.45) is -2.81. The summed E-state index contributed by atoms with van der Waals surface area (Å²) in [5, 5.41) is 0. The van der Waals surface area contributed by atoms with Crippen LogP contribution in [-0.2, 0) is 15.7 Å². The van der Waals surface area contributed by atoms with Crippen LogP contribution in [0.5, 0.6) is 0 Å². The molecule has 0 heterocycles. The molecule has 0 saturated carbocycles. The SMILES string of the molecule is CC(=O)OC(CC=C(Sc1ccccc1)Sc1ccccc1)c1ccc(C(F)(F)F)cc1. The lowest BCUT2D eigenvalue weighted by molar-refractivity contribution is -0.146. The van der Waals surface area contributed by atoms with E-state index in [0.29, 0.717) is 12.0 Å². The minimum atomic E-state index is -4.42. The molecule has 1 atom stereocenters. The Kier molecular flexibility index (Phi) is 8.47. The first-order valence-corrected chi connectivity index (χ1v) is 11.4. The first kappa shape index (κ1) is 24.0. The molecule has 0 aliphatic rings. The van der Waals surface area contributed by atoms with Crippen LogP contribution >= 0.6 is 23.5 Å². The van der Waals surface area contributed by atoms with Gasteiger partial charge in [0.15, 0.2) is 0 Å². The van der Waals surface area contributed by atoms with Crippen LogP contribution in [0.15, 0.2) is 105 Å². The maximum Gasteiger partial charge on any atom is 0.416 e. The van der Waals surface area contributed by atoms with Crippen molar-refractivity contribution in [3.8, 4) is 0 Å². The molecule has 0 amide bonds. The third-order valence-electron chi connectivity index (χ3n) is 4.34. The molecule has 0 fully saturated rings. The van der Waals surface area contributed by atoms with E-state index < -0.39 is 23.8 Å². The van der Waals surface area contributed by atoms with Gasteiger partial charge in [-0.1, -0.05) is 78.1 Å². The summed E-state index contributed by atoms with van der Waals surface area (Å²) in [5.74, 6) is -0.490. The molecule has 0 bridgehead atoms. The number of carbonyl (C=O) groups excluding carboxylic acids is 1. The maximum absolute atomic E-state index is 12.9. The number of halogens is 3. The molecule has 0 aliphatic carbocycles. The Labute approximate surface area is 193 Å². The monoisotopic (exact) mass is 474 g/mol. The summed E-state index contributed by atoms with van der Waals surface area (Å²) in [4.78, 5) is 13.8. The zero-order valence-corrected chi connectivity index (χ0v) is 18.8. The van der Waals surface area contributed by atoms with Crippen LogP contribution in [-0.4, -0.2) is 5.97 Å². The summed E-state index contributed by atoms with van der Waals surface area (Å²) >= 11 is 3.16. The molecule has 3 aromatic rings. The molecular weight excluding hydrogens is 453 g/mol. The highest BCUT2D eigenvalue weighted by molar-refractivity contribution is 8.22. The van der Waals surface area contributed by atoms with Crippen molar-refractivity contribution in [2.45, 2.75) is 35.4 Å². The highest BCUT2D eigenvalue weighted by Gasteiger charge is 2.30. The molecule has 0 aliphatic heterocycles. The fourth-order valence-electron chi connectivity index (χ4n) is 2.86. The number of ether oxygens (including phenoxy) is 1. The number of benzene rings is 3. The van der Waals surface area contributed by atoms with E-state index in [1.807, 2.05) is 66.7 Å². The third kappa shape index (κ3) is 7.50. The Bertz CT molecular complexity index is 991. The van der Waals surface area contributed by atoms with Gasteiger partial charge in [0, 0.05) is 27.4 Å². The topological polar surface area (TPSA) is 26.3 Å². The van der Waals surface area contributed by atoms with Gasteiger partial charge >= 0.3 is 12.1 Å². The van der Waals surface area contributed by atoms with E-state index in [0.717, 1.165) is 26.2 Å². The predicted octanol–water partition coefficient (Wildman–Crippen LogP) is 8.13. The van der Waals surface area contributed by atoms with Gasteiger partial charge in [-0.15, -0.1) is 0 Å². The molecule has 7 heteroatoms. The van der Waals surface area contributed by atoms with Crippen molar-refractivity contribution in [3.63, 3.8) is 0 Å². The first-order chi connectivity index (χ1) is 15.3. The minimum absolute atomic E-state index is 0.333. The van der Waals surface area contributed by atoms with Gasteiger partial charge in [0.2, 0.25) is 0 Å². The summed E-state index contributed by atoms with van der Waals surface area (Å²) in [5.41, 5.74) is -0.225. The van der Waals surface area contributed by atoms with E-state index in [-0.39, 0.29) is 0 Å². The molecule has 0 aromatic heterocycles. The lowest BCUT2D eigenvalue weighted by Gasteiger charge is -2.17. The van der Waals surface area contributed by atoms with Crippen LogP contribution in [0.3, 0.4) is 0 Å². The fraction of sp³-hybridized carbons (Fsp3) is 0.160. The normalized spacial score (nSPS) is 12.1. The molecule has 0 saturated heterocycles.